The second-order valence-corrected chi connectivity index (χ2v) is 4.64. The summed E-state index contributed by atoms with van der Waals surface area (Å²) in [5, 5.41) is 3.72. The van der Waals surface area contributed by atoms with Crippen LogP contribution in [0.15, 0.2) is 36.8 Å². The number of benzene rings is 1. The third-order valence-electron chi connectivity index (χ3n) is 3.28. The SMILES string of the molecule is Cn1ccnc1CNC(=O)c1c[nH]c2cc(N)ccc12. The predicted octanol–water partition coefficient (Wildman–Crippen LogP) is 1.41. The number of H-pyrrole nitrogens is 1. The summed E-state index contributed by atoms with van der Waals surface area (Å²) in [4.78, 5) is 19.4. The van der Waals surface area contributed by atoms with Crippen LogP contribution in [0.3, 0.4) is 0 Å². The Morgan fingerprint density at radius 3 is 3.10 bits per heavy atom. The molecule has 0 radical (unpaired) electrons. The van der Waals surface area contributed by atoms with Crippen molar-refractivity contribution in [2.75, 3.05) is 5.73 Å². The Hall–Kier alpha value is -2.76. The first-order chi connectivity index (χ1) is 9.65. The maximum absolute atomic E-state index is 12.2. The van der Waals surface area contributed by atoms with Gasteiger partial charge < -0.3 is 20.6 Å². The number of aromatic amines is 1. The summed E-state index contributed by atoms with van der Waals surface area (Å²) in [6, 6.07) is 5.44. The second kappa shape index (κ2) is 4.73. The first-order valence-electron chi connectivity index (χ1n) is 6.26. The molecule has 0 aliphatic carbocycles. The number of hydrogen-bond donors (Lipinski definition) is 3. The van der Waals surface area contributed by atoms with Gasteiger partial charge in [-0.05, 0) is 18.2 Å². The van der Waals surface area contributed by atoms with Crippen LogP contribution >= 0.6 is 0 Å². The highest BCUT2D eigenvalue weighted by Crippen LogP contribution is 2.20. The summed E-state index contributed by atoms with van der Waals surface area (Å²) in [5.74, 6) is 0.673. The molecule has 3 aromatic rings. The first kappa shape index (κ1) is 12.3. The highest BCUT2D eigenvalue weighted by Gasteiger charge is 2.12. The van der Waals surface area contributed by atoms with Crippen LogP contribution in [0.2, 0.25) is 0 Å². The molecule has 102 valence electrons. The number of hydrogen-bond acceptors (Lipinski definition) is 3. The van der Waals surface area contributed by atoms with Crippen molar-refractivity contribution in [2.24, 2.45) is 7.05 Å². The van der Waals surface area contributed by atoms with E-state index in [1.54, 1.807) is 18.5 Å². The second-order valence-electron chi connectivity index (χ2n) is 4.64. The molecule has 0 atom stereocenters. The fourth-order valence-corrected chi connectivity index (χ4v) is 2.15. The molecule has 0 bridgehead atoms. The van der Waals surface area contributed by atoms with Crippen molar-refractivity contribution < 1.29 is 4.79 Å². The first-order valence-corrected chi connectivity index (χ1v) is 6.26. The monoisotopic (exact) mass is 269 g/mol. The summed E-state index contributed by atoms with van der Waals surface area (Å²) in [6.45, 7) is 0.393. The minimum atomic E-state index is -0.135. The summed E-state index contributed by atoms with van der Waals surface area (Å²) >= 11 is 0. The molecule has 0 saturated heterocycles. The molecular weight excluding hydrogens is 254 g/mol. The van der Waals surface area contributed by atoms with E-state index < -0.39 is 0 Å². The zero-order valence-corrected chi connectivity index (χ0v) is 11.1. The number of anilines is 1. The van der Waals surface area contributed by atoms with E-state index in [2.05, 4.69) is 15.3 Å². The van der Waals surface area contributed by atoms with Gasteiger partial charge in [0.05, 0.1) is 12.1 Å². The third-order valence-corrected chi connectivity index (χ3v) is 3.28. The van der Waals surface area contributed by atoms with Gasteiger partial charge in [0.15, 0.2) is 0 Å². The zero-order chi connectivity index (χ0) is 14.1. The molecule has 6 nitrogen and oxygen atoms in total. The lowest BCUT2D eigenvalue weighted by molar-refractivity contribution is 0.0951. The van der Waals surface area contributed by atoms with Crippen molar-refractivity contribution in [1.29, 1.82) is 0 Å². The third kappa shape index (κ3) is 2.11. The number of aromatic nitrogens is 3. The standard InChI is InChI=1S/C14H15N5O/c1-19-5-4-16-13(19)8-18-14(20)11-7-17-12-6-9(15)2-3-10(11)12/h2-7,17H,8,15H2,1H3,(H,18,20). The lowest BCUT2D eigenvalue weighted by atomic mass is 10.1. The van der Waals surface area contributed by atoms with E-state index >= 15 is 0 Å². The quantitative estimate of drug-likeness (QED) is 0.628. The number of nitrogen functional groups attached to an aromatic ring is 1. The highest BCUT2D eigenvalue weighted by atomic mass is 16.1. The predicted molar refractivity (Wildman–Crippen MR) is 77.1 cm³/mol. The maximum atomic E-state index is 12.2. The molecule has 3 rings (SSSR count). The number of carbonyl (C=O) groups is 1. The average molecular weight is 269 g/mol. The molecular formula is C14H15N5O. The van der Waals surface area contributed by atoms with Gasteiger partial charge in [0.1, 0.15) is 5.82 Å². The largest absolute Gasteiger partial charge is 0.399 e. The van der Waals surface area contributed by atoms with Gasteiger partial charge in [-0.2, -0.15) is 0 Å². The number of nitrogens with zero attached hydrogens (tertiary/aromatic N) is 2. The molecule has 6 heteroatoms. The Morgan fingerprint density at radius 2 is 2.35 bits per heavy atom. The number of amides is 1. The smallest absolute Gasteiger partial charge is 0.253 e. The van der Waals surface area contributed by atoms with Crippen LogP contribution in [0.25, 0.3) is 10.9 Å². The Kier molecular flexibility index (Phi) is 2.90. The van der Waals surface area contributed by atoms with Crippen molar-refractivity contribution in [3.05, 3.63) is 48.2 Å². The van der Waals surface area contributed by atoms with Gasteiger partial charge in [-0.25, -0.2) is 4.98 Å². The maximum Gasteiger partial charge on any atom is 0.253 e. The summed E-state index contributed by atoms with van der Waals surface area (Å²) in [7, 11) is 1.89. The molecule has 4 N–H and O–H groups in total. The number of aryl methyl sites for hydroxylation is 1. The van der Waals surface area contributed by atoms with Crippen molar-refractivity contribution >= 4 is 22.5 Å². The summed E-state index contributed by atoms with van der Waals surface area (Å²) < 4.78 is 1.87. The molecule has 0 aliphatic heterocycles. The van der Waals surface area contributed by atoms with E-state index in [1.807, 2.05) is 29.9 Å². The average Bonchev–Trinajstić information content (AvgIpc) is 3.02. The number of carbonyl (C=O) groups excluding carboxylic acids is 1. The number of nitrogens with one attached hydrogen (secondary N) is 2. The van der Waals surface area contributed by atoms with Crippen LogP contribution in [-0.4, -0.2) is 20.4 Å². The molecule has 0 unspecified atom stereocenters. The van der Waals surface area contributed by atoms with E-state index in [0.717, 1.165) is 16.7 Å². The molecule has 0 fully saturated rings. The number of imidazole rings is 1. The summed E-state index contributed by atoms with van der Waals surface area (Å²) in [6.07, 6.45) is 5.24. The number of nitrogens with two attached hydrogens (primary N) is 1. The minimum absolute atomic E-state index is 0.135. The Balaban J connectivity index is 1.81. The van der Waals surface area contributed by atoms with Crippen molar-refractivity contribution in [3.8, 4) is 0 Å². The van der Waals surface area contributed by atoms with E-state index in [-0.39, 0.29) is 5.91 Å². The minimum Gasteiger partial charge on any atom is -0.399 e. The van der Waals surface area contributed by atoms with E-state index in [4.69, 9.17) is 5.73 Å². The van der Waals surface area contributed by atoms with Crippen LogP contribution in [-0.2, 0) is 13.6 Å². The van der Waals surface area contributed by atoms with Crippen LogP contribution in [0, 0.1) is 0 Å². The van der Waals surface area contributed by atoms with Crippen molar-refractivity contribution in [3.63, 3.8) is 0 Å². The molecule has 1 aromatic carbocycles. The topological polar surface area (TPSA) is 88.7 Å². The van der Waals surface area contributed by atoms with Gasteiger partial charge in [0, 0.05) is 42.2 Å². The van der Waals surface area contributed by atoms with E-state index in [9.17, 15) is 4.79 Å². The van der Waals surface area contributed by atoms with Gasteiger partial charge in [0.25, 0.3) is 5.91 Å². The normalized spacial score (nSPS) is 10.8. The Bertz CT molecular complexity index is 771. The lowest BCUT2D eigenvalue weighted by Gasteiger charge is -2.04. The van der Waals surface area contributed by atoms with Crippen molar-refractivity contribution in [1.82, 2.24) is 19.9 Å². The molecule has 0 aliphatic rings. The van der Waals surface area contributed by atoms with Crippen molar-refractivity contribution in [2.45, 2.75) is 6.54 Å². The van der Waals surface area contributed by atoms with Crippen LogP contribution in [0.1, 0.15) is 16.2 Å². The number of fused-ring (bicyclic) bond motifs is 1. The van der Waals surface area contributed by atoms with E-state index in [1.165, 1.54) is 0 Å². The number of rotatable bonds is 3. The van der Waals surface area contributed by atoms with Gasteiger partial charge in [-0.3, -0.25) is 4.79 Å². The molecule has 2 heterocycles. The van der Waals surface area contributed by atoms with Crippen LogP contribution < -0.4 is 11.1 Å². The molecule has 20 heavy (non-hydrogen) atoms. The molecule has 0 spiro atoms. The molecule has 2 aromatic heterocycles. The fourth-order valence-electron chi connectivity index (χ4n) is 2.15. The summed E-state index contributed by atoms with van der Waals surface area (Å²) in [5.41, 5.74) is 7.84. The van der Waals surface area contributed by atoms with Gasteiger partial charge in [0.2, 0.25) is 0 Å². The molecule has 1 amide bonds. The van der Waals surface area contributed by atoms with Crippen LogP contribution in [0.4, 0.5) is 5.69 Å². The van der Waals surface area contributed by atoms with Crippen LogP contribution in [0.5, 0.6) is 0 Å². The molecule has 0 saturated carbocycles. The Morgan fingerprint density at radius 1 is 1.50 bits per heavy atom. The fraction of sp³-hybridized carbons (Fsp3) is 0.143. The van der Waals surface area contributed by atoms with Gasteiger partial charge >= 0.3 is 0 Å². The van der Waals surface area contributed by atoms with Gasteiger partial charge in [-0.15, -0.1) is 0 Å². The van der Waals surface area contributed by atoms with Gasteiger partial charge in [-0.1, -0.05) is 0 Å². The lowest BCUT2D eigenvalue weighted by Crippen LogP contribution is -2.24. The zero-order valence-electron chi connectivity index (χ0n) is 11.1. The Labute approximate surface area is 115 Å². The highest BCUT2D eigenvalue weighted by molar-refractivity contribution is 6.07. The van der Waals surface area contributed by atoms with E-state index in [0.29, 0.717) is 17.8 Å².